The van der Waals surface area contributed by atoms with Crippen molar-refractivity contribution in [1.82, 2.24) is 4.57 Å². The maximum absolute atomic E-state index is 12.8. The van der Waals surface area contributed by atoms with E-state index in [2.05, 4.69) is 48.5 Å². The molecule has 3 rings (SSSR count). The van der Waals surface area contributed by atoms with Crippen molar-refractivity contribution in [2.24, 2.45) is 4.99 Å². The van der Waals surface area contributed by atoms with Crippen molar-refractivity contribution in [3.8, 4) is 5.75 Å². The van der Waals surface area contributed by atoms with E-state index in [9.17, 15) is 4.79 Å². The number of aromatic nitrogens is 1. The molecule has 148 valence electrons. The van der Waals surface area contributed by atoms with Crippen LogP contribution >= 0.6 is 11.3 Å². The Morgan fingerprint density at radius 3 is 2.75 bits per heavy atom. The van der Waals surface area contributed by atoms with Gasteiger partial charge >= 0.3 is 0 Å². The Morgan fingerprint density at radius 2 is 1.96 bits per heavy atom. The number of nitrogens with zero attached hydrogens (tertiary/aromatic N) is 2. The Labute approximate surface area is 170 Å². The van der Waals surface area contributed by atoms with E-state index in [4.69, 9.17) is 4.74 Å². The third-order valence-electron chi connectivity index (χ3n) is 4.58. The summed E-state index contributed by atoms with van der Waals surface area (Å²) in [5.74, 6) is 0.498. The van der Waals surface area contributed by atoms with Gasteiger partial charge in [-0.3, -0.25) is 4.79 Å². The monoisotopic (exact) mass is 396 g/mol. The van der Waals surface area contributed by atoms with Gasteiger partial charge in [0.15, 0.2) is 4.80 Å². The maximum Gasteiger partial charge on any atom is 0.279 e. The molecule has 5 heteroatoms. The third kappa shape index (κ3) is 4.90. The Morgan fingerprint density at radius 1 is 1.11 bits per heavy atom. The van der Waals surface area contributed by atoms with E-state index in [1.54, 1.807) is 23.5 Å². The number of fused-ring (bicyclic) bond motifs is 1. The lowest BCUT2D eigenvalue weighted by molar-refractivity contribution is 0.0997. The SMILES string of the molecule is CCCCCOc1cccc(C(=O)N=c2sc3cc(C)ccc3n2CCC)c1. The van der Waals surface area contributed by atoms with Gasteiger partial charge in [-0.15, -0.1) is 0 Å². The minimum Gasteiger partial charge on any atom is -0.494 e. The van der Waals surface area contributed by atoms with Crippen molar-refractivity contribution in [3.63, 3.8) is 0 Å². The van der Waals surface area contributed by atoms with Crippen LogP contribution in [0.5, 0.6) is 5.75 Å². The van der Waals surface area contributed by atoms with Gasteiger partial charge in [-0.2, -0.15) is 4.99 Å². The van der Waals surface area contributed by atoms with Gasteiger partial charge in [-0.05, 0) is 55.7 Å². The summed E-state index contributed by atoms with van der Waals surface area (Å²) in [6.07, 6.45) is 4.32. The lowest BCUT2D eigenvalue weighted by atomic mass is 10.2. The number of unbranched alkanes of at least 4 members (excludes halogenated alkanes) is 2. The van der Waals surface area contributed by atoms with Gasteiger partial charge in [0.05, 0.1) is 16.8 Å². The summed E-state index contributed by atoms with van der Waals surface area (Å²) in [4.78, 5) is 18.0. The molecule has 2 aromatic carbocycles. The number of hydrogen-bond acceptors (Lipinski definition) is 3. The number of aryl methyl sites for hydroxylation is 2. The van der Waals surface area contributed by atoms with Crippen molar-refractivity contribution in [3.05, 3.63) is 58.4 Å². The van der Waals surface area contributed by atoms with E-state index < -0.39 is 0 Å². The largest absolute Gasteiger partial charge is 0.494 e. The van der Waals surface area contributed by atoms with Crippen molar-refractivity contribution in [2.75, 3.05) is 6.61 Å². The summed E-state index contributed by atoms with van der Waals surface area (Å²) >= 11 is 1.57. The summed E-state index contributed by atoms with van der Waals surface area (Å²) in [6, 6.07) is 13.7. The molecule has 3 aromatic rings. The molecule has 0 radical (unpaired) electrons. The van der Waals surface area contributed by atoms with Gasteiger partial charge in [0.25, 0.3) is 5.91 Å². The lowest BCUT2D eigenvalue weighted by Crippen LogP contribution is -2.16. The molecule has 0 unspecified atom stereocenters. The normalized spacial score (nSPS) is 11.9. The van der Waals surface area contributed by atoms with E-state index in [0.717, 1.165) is 53.0 Å². The summed E-state index contributed by atoms with van der Waals surface area (Å²) in [6.45, 7) is 7.90. The molecule has 1 amide bonds. The van der Waals surface area contributed by atoms with Crippen LogP contribution in [0.4, 0.5) is 0 Å². The highest BCUT2D eigenvalue weighted by Crippen LogP contribution is 2.20. The second kappa shape index (κ2) is 9.69. The molecule has 0 spiro atoms. The fourth-order valence-corrected chi connectivity index (χ4v) is 4.27. The molecular formula is C23H28N2O2S. The molecule has 0 aliphatic carbocycles. The smallest absolute Gasteiger partial charge is 0.279 e. The average molecular weight is 397 g/mol. The van der Waals surface area contributed by atoms with Crippen LogP contribution < -0.4 is 9.54 Å². The van der Waals surface area contributed by atoms with E-state index in [-0.39, 0.29) is 5.91 Å². The fourth-order valence-electron chi connectivity index (χ4n) is 3.12. The molecule has 0 saturated heterocycles. The first-order chi connectivity index (χ1) is 13.6. The average Bonchev–Trinajstić information content (AvgIpc) is 3.02. The number of thiazole rings is 1. The first-order valence-electron chi connectivity index (χ1n) is 10.0. The second-order valence-electron chi connectivity index (χ2n) is 7.01. The van der Waals surface area contributed by atoms with Gasteiger partial charge in [0, 0.05) is 12.1 Å². The van der Waals surface area contributed by atoms with E-state index in [0.29, 0.717) is 12.2 Å². The van der Waals surface area contributed by atoms with Gasteiger partial charge in [-0.1, -0.05) is 50.2 Å². The standard InChI is InChI=1S/C23H28N2O2S/c1-4-6-7-14-27-19-10-8-9-18(16-19)22(26)24-23-25(13-5-2)20-12-11-17(3)15-21(20)28-23/h8-12,15-16H,4-7,13-14H2,1-3H3. The van der Waals surface area contributed by atoms with Crippen LogP contribution in [0, 0.1) is 6.92 Å². The fraction of sp³-hybridized carbons (Fsp3) is 0.391. The molecular weight excluding hydrogens is 368 g/mol. The summed E-state index contributed by atoms with van der Waals surface area (Å²) in [7, 11) is 0. The summed E-state index contributed by atoms with van der Waals surface area (Å²) in [5.41, 5.74) is 2.91. The van der Waals surface area contributed by atoms with Gasteiger partial charge in [-0.25, -0.2) is 0 Å². The highest BCUT2D eigenvalue weighted by molar-refractivity contribution is 7.16. The van der Waals surface area contributed by atoms with Crippen molar-refractivity contribution >= 4 is 27.5 Å². The quantitative estimate of drug-likeness (QED) is 0.456. The highest BCUT2D eigenvalue weighted by Gasteiger charge is 2.10. The topological polar surface area (TPSA) is 43.6 Å². The molecule has 1 heterocycles. The van der Waals surface area contributed by atoms with Gasteiger partial charge in [0.2, 0.25) is 0 Å². The predicted molar refractivity (Wildman–Crippen MR) is 116 cm³/mol. The Balaban J connectivity index is 1.89. The molecule has 0 N–H and O–H groups in total. The van der Waals surface area contributed by atoms with E-state index >= 15 is 0 Å². The zero-order chi connectivity index (χ0) is 19.9. The number of carbonyl (C=O) groups is 1. The molecule has 0 aliphatic rings. The van der Waals surface area contributed by atoms with Crippen molar-refractivity contribution < 1.29 is 9.53 Å². The highest BCUT2D eigenvalue weighted by atomic mass is 32.1. The second-order valence-corrected chi connectivity index (χ2v) is 8.02. The van der Waals surface area contributed by atoms with E-state index in [1.807, 2.05) is 12.1 Å². The van der Waals surface area contributed by atoms with Crippen LogP contribution in [0.15, 0.2) is 47.5 Å². The number of rotatable bonds is 8. The first kappa shape index (κ1) is 20.3. The molecule has 0 aliphatic heterocycles. The minimum absolute atomic E-state index is 0.230. The summed E-state index contributed by atoms with van der Waals surface area (Å²) in [5, 5.41) is 0. The maximum atomic E-state index is 12.8. The molecule has 4 nitrogen and oxygen atoms in total. The Bertz CT molecular complexity index is 1020. The van der Waals surface area contributed by atoms with Crippen LogP contribution in [0.25, 0.3) is 10.2 Å². The van der Waals surface area contributed by atoms with Crippen LogP contribution in [0.1, 0.15) is 55.5 Å². The number of hydrogen-bond donors (Lipinski definition) is 0. The third-order valence-corrected chi connectivity index (χ3v) is 5.62. The molecule has 0 saturated carbocycles. The summed E-state index contributed by atoms with van der Waals surface area (Å²) < 4.78 is 9.08. The van der Waals surface area contributed by atoms with Crippen molar-refractivity contribution in [1.29, 1.82) is 0 Å². The zero-order valence-corrected chi connectivity index (χ0v) is 17.7. The number of amides is 1. The Kier molecular flexibility index (Phi) is 7.04. The van der Waals surface area contributed by atoms with Gasteiger partial charge in [0.1, 0.15) is 5.75 Å². The molecule has 0 atom stereocenters. The molecule has 1 aromatic heterocycles. The van der Waals surface area contributed by atoms with Gasteiger partial charge < -0.3 is 9.30 Å². The minimum atomic E-state index is -0.230. The zero-order valence-electron chi connectivity index (χ0n) is 16.9. The molecule has 0 fully saturated rings. The Hall–Kier alpha value is -2.40. The van der Waals surface area contributed by atoms with Crippen molar-refractivity contribution in [2.45, 2.75) is 53.0 Å². The van der Waals surface area contributed by atoms with Crippen LogP contribution in [0.2, 0.25) is 0 Å². The predicted octanol–water partition coefficient (Wildman–Crippen LogP) is 5.73. The molecule has 0 bridgehead atoms. The van der Waals surface area contributed by atoms with Crippen LogP contribution in [-0.2, 0) is 6.54 Å². The number of benzene rings is 2. The van der Waals surface area contributed by atoms with Crippen LogP contribution in [0.3, 0.4) is 0 Å². The number of carbonyl (C=O) groups excluding carboxylic acids is 1. The van der Waals surface area contributed by atoms with Crippen LogP contribution in [-0.4, -0.2) is 17.1 Å². The lowest BCUT2D eigenvalue weighted by Gasteiger charge is -2.06. The first-order valence-corrected chi connectivity index (χ1v) is 10.9. The molecule has 28 heavy (non-hydrogen) atoms. The number of ether oxygens (including phenoxy) is 1. The van der Waals surface area contributed by atoms with E-state index in [1.165, 1.54) is 5.56 Å².